The lowest BCUT2D eigenvalue weighted by Crippen LogP contribution is -2.19. The van der Waals surface area contributed by atoms with Crippen LogP contribution in [0.3, 0.4) is 0 Å². The minimum Gasteiger partial charge on any atom is -0.451 e. The molecule has 0 unspecified atom stereocenters. The molecule has 106 valence electrons. The van der Waals surface area contributed by atoms with Gasteiger partial charge in [0.05, 0.1) is 10.5 Å². The number of nitrogens with zero attached hydrogens (tertiary/aromatic N) is 3. The third kappa shape index (κ3) is 2.76. The van der Waals surface area contributed by atoms with E-state index in [4.69, 9.17) is 4.42 Å². The number of hydrogen-bond acceptors (Lipinski definition) is 6. The van der Waals surface area contributed by atoms with Crippen molar-refractivity contribution in [2.75, 3.05) is 5.32 Å². The molecule has 0 radical (unpaired) electrons. The Hall–Kier alpha value is -2.44. The lowest BCUT2D eigenvalue weighted by Gasteiger charge is -2.15. The number of hydrogen-bond donors (Lipinski definition) is 1. The van der Waals surface area contributed by atoms with Crippen LogP contribution in [0.5, 0.6) is 0 Å². The summed E-state index contributed by atoms with van der Waals surface area (Å²) >= 11 is 0. The van der Waals surface area contributed by atoms with Crippen LogP contribution in [0.1, 0.15) is 26.7 Å². The SMILES string of the molecule is CCC(CC)Nc1nccc(-c2cocn2)c1[N+](=O)[O-]. The molecule has 0 fully saturated rings. The van der Waals surface area contributed by atoms with Crippen molar-refractivity contribution in [1.82, 2.24) is 9.97 Å². The van der Waals surface area contributed by atoms with Gasteiger partial charge >= 0.3 is 5.69 Å². The second kappa shape index (κ2) is 6.14. The van der Waals surface area contributed by atoms with Crippen molar-refractivity contribution in [1.29, 1.82) is 0 Å². The van der Waals surface area contributed by atoms with E-state index in [2.05, 4.69) is 15.3 Å². The molecule has 0 amide bonds. The van der Waals surface area contributed by atoms with Crippen molar-refractivity contribution in [3.05, 3.63) is 35.0 Å². The summed E-state index contributed by atoms with van der Waals surface area (Å²) in [5.41, 5.74) is 0.743. The molecule has 0 saturated carbocycles. The zero-order valence-electron chi connectivity index (χ0n) is 11.4. The molecule has 0 bridgehead atoms. The van der Waals surface area contributed by atoms with Crippen LogP contribution in [-0.2, 0) is 0 Å². The number of oxazole rings is 1. The molecule has 20 heavy (non-hydrogen) atoms. The summed E-state index contributed by atoms with van der Waals surface area (Å²) in [6.45, 7) is 4.04. The topological polar surface area (TPSA) is 94.1 Å². The van der Waals surface area contributed by atoms with E-state index in [-0.39, 0.29) is 17.5 Å². The van der Waals surface area contributed by atoms with Gasteiger partial charge in [-0.3, -0.25) is 10.1 Å². The van der Waals surface area contributed by atoms with E-state index in [1.807, 2.05) is 13.8 Å². The molecule has 2 aromatic rings. The summed E-state index contributed by atoms with van der Waals surface area (Å²) in [5.74, 6) is 0.268. The Bertz CT molecular complexity index is 579. The van der Waals surface area contributed by atoms with E-state index in [1.54, 1.807) is 6.07 Å². The highest BCUT2D eigenvalue weighted by molar-refractivity contribution is 5.77. The fraction of sp³-hybridized carbons (Fsp3) is 0.385. The van der Waals surface area contributed by atoms with Gasteiger partial charge in [-0.15, -0.1) is 0 Å². The summed E-state index contributed by atoms with van der Waals surface area (Å²) in [7, 11) is 0. The third-order valence-corrected chi connectivity index (χ3v) is 3.14. The van der Waals surface area contributed by atoms with Crippen LogP contribution in [0.15, 0.2) is 29.3 Å². The number of aromatic nitrogens is 2. The maximum atomic E-state index is 11.4. The molecule has 1 N–H and O–H groups in total. The molecule has 7 nitrogen and oxygen atoms in total. The Morgan fingerprint density at radius 2 is 2.15 bits per heavy atom. The van der Waals surface area contributed by atoms with Crippen LogP contribution in [0, 0.1) is 10.1 Å². The highest BCUT2D eigenvalue weighted by atomic mass is 16.6. The van der Waals surface area contributed by atoms with Gasteiger partial charge in [-0.1, -0.05) is 13.8 Å². The summed E-state index contributed by atoms with van der Waals surface area (Å²) in [4.78, 5) is 19.0. The predicted octanol–water partition coefficient (Wildman–Crippen LogP) is 3.25. The second-order valence-electron chi connectivity index (χ2n) is 4.34. The zero-order valence-corrected chi connectivity index (χ0v) is 11.4. The summed E-state index contributed by atoms with van der Waals surface area (Å²) in [5, 5.41) is 14.5. The fourth-order valence-corrected chi connectivity index (χ4v) is 1.98. The van der Waals surface area contributed by atoms with Crippen LogP contribution >= 0.6 is 0 Å². The minimum atomic E-state index is -0.443. The van der Waals surface area contributed by atoms with Gasteiger partial charge in [0.25, 0.3) is 0 Å². The number of pyridine rings is 1. The first-order valence-corrected chi connectivity index (χ1v) is 6.45. The quantitative estimate of drug-likeness (QED) is 0.643. The van der Waals surface area contributed by atoms with Crippen molar-refractivity contribution < 1.29 is 9.34 Å². The van der Waals surface area contributed by atoms with Crippen LogP contribution in [0.2, 0.25) is 0 Å². The van der Waals surface area contributed by atoms with E-state index < -0.39 is 4.92 Å². The highest BCUT2D eigenvalue weighted by Gasteiger charge is 2.24. The summed E-state index contributed by atoms with van der Waals surface area (Å²) < 4.78 is 4.89. The Kier molecular flexibility index (Phi) is 4.29. The molecule has 2 rings (SSSR count). The third-order valence-electron chi connectivity index (χ3n) is 3.14. The predicted molar refractivity (Wildman–Crippen MR) is 74.4 cm³/mol. The average Bonchev–Trinajstić information content (AvgIpc) is 2.98. The average molecular weight is 276 g/mol. The molecule has 0 atom stereocenters. The number of rotatable bonds is 6. The van der Waals surface area contributed by atoms with Crippen molar-refractivity contribution in [2.24, 2.45) is 0 Å². The summed E-state index contributed by atoms with van der Waals surface area (Å²) in [6.07, 6.45) is 5.88. The van der Waals surface area contributed by atoms with Crippen LogP contribution in [-0.4, -0.2) is 20.9 Å². The van der Waals surface area contributed by atoms with Gasteiger partial charge in [-0.2, -0.15) is 0 Å². The largest absolute Gasteiger partial charge is 0.451 e. The number of nitro groups is 1. The lowest BCUT2D eigenvalue weighted by atomic mass is 10.1. The second-order valence-corrected chi connectivity index (χ2v) is 4.34. The summed E-state index contributed by atoms with van der Waals surface area (Å²) in [6, 6.07) is 1.71. The molecule has 0 aliphatic rings. The molecule has 2 aromatic heterocycles. The molecule has 7 heteroatoms. The molecule has 0 spiro atoms. The van der Waals surface area contributed by atoms with Crippen LogP contribution in [0.25, 0.3) is 11.3 Å². The standard InChI is InChI=1S/C13H16N4O3/c1-3-9(4-2)16-13-12(17(18)19)10(5-6-14-13)11-7-20-8-15-11/h5-9H,3-4H2,1-2H3,(H,14,16). The van der Waals surface area contributed by atoms with Crippen molar-refractivity contribution in [2.45, 2.75) is 32.7 Å². The maximum absolute atomic E-state index is 11.4. The van der Waals surface area contributed by atoms with E-state index in [1.165, 1.54) is 18.9 Å². The lowest BCUT2D eigenvalue weighted by molar-refractivity contribution is -0.383. The number of nitrogens with one attached hydrogen (secondary N) is 1. The van der Waals surface area contributed by atoms with Gasteiger partial charge in [0, 0.05) is 12.2 Å². The smallest absolute Gasteiger partial charge is 0.320 e. The van der Waals surface area contributed by atoms with E-state index in [0.717, 1.165) is 12.8 Å². The van der Waals surface area contributed by atoms with Crippen molar-refractivity contribution in [3.63, 3.8) is 0 Å². The highest BCUT2D eigenvalue weighted by Crippen LogP contribution is 2.34. The molecule has 0 saturated heterocycles. The maximum Gasteiger partial charge on any atom is 0.320 e. The number of anilines is 1. The van der Waals surface area contributed by atoms with Gasteiger partial charge in [-0.05, 0) is 18.9 Å². The van der Waals surface area contributed by atoms with E-state index in [0.29, 0.717) is 11.3 Å². The first-order valence-electron chi connectivity index (χ1n) is 6.45. The van der Waals surface area contributed by atoms with Crippen LogP contribution < -0.4 is 5.32 Å². The minimum absolute atomic E-state index is 0.0756. The van der Waals surface area contributed by atoms with E-state index in [9.17, 15) is 10.1 Å². The first-order chi connectivity index (χ1) is 9.67. The molecular formula is C13H16N4O3. The van der Waals surface area contributed by atoms with Crippen LogP contribution in [0.4, 0.5) is 11.5 Å². The molecular weight excluding hydrogens is 260 g/mol. The first kappa shape index (κ1) is 14.0. The van der Waals surface area contributed by atoms with Gasteiger partial charge in [0.15, 0.2) is 6.39 Å². The Morgan fingerprint density at radius 3 is 2.70 bits per heavy atom. The monoisotopic (exact) mass is 276 g/mol. The van der Waals surface area contributed by atoms with Gasteiger partial charge in [-0.25, -0.2) is 9.97 Å². The normalized spacial score (nSPS) is 10.8. The fourth-order valence-electron chi connectivity index (χ4n) is 1.98. The van der Waals surface area contributed by atoms with Gasteiger partial charge in [0.1, 0.15) is 12.0 Å². The zero-order chi connectivity index (χ0) is 14.5. The molecule has 2 heterocycles. The Balaban J connectivity index is 2.47. The Morgan fingerprint density at radius 1 is 1.40 bits per heavy atom. The van der Waals surface area contributed by atoms with Crippen molar-refractivity contribution >= 4 is 11.5 Å². The van der Waals surface area contributed by atoms with Gasteiger partial charge in [0.2, 0.25) is 5.82 Å². The molecule has 0 aliphatic heterocycles. The molecule has 0 aliphatic carbocycles. The Labute approximate surface area is 116 Å². The van der Waals surface area contributed by atoms with E-state index >= 15 is 0 Å². The van der Waals surface area contributed by atoms with Gasteiger partial charge < -0.3 is 9.73 Å². The van der Waals surface area contributed by atoms with Crippen molar-refractivity contribution in [3.8, 4) is 11.3 Å². The molecule has 0 aromatic carbocycles.